The molecular weight excluding hydrogens is 264 g/mol. The SMILES string of the molecule is CC(O)c1[nH]c(Br)nc1Br. The van der Waals surface area contributed by atoms with Gasteiger partial charge >= 0.3 is 0 Å². The molecule has 0 aromatic carbocycles. The lowest BCUT2D eigenvalue weighted by Crippen LogP contribution is -1.91. The fraction of sp³-hybridized carbons (Fsp3) is 0.400. The summed E-state index contributed by atoms with van der Waals surface area (Å²) in [5.41, 5.74) is 0.687. The molecule has 0 saturated carbocycles. The predicted octanol–water partition coefficient (Wildman–Crippen LogP) is 1.99. The molecule has 0 saturated heterocycles. The van der Waals surface area contributed by atoms with Crippen LogP contribution in [-0.4, -0.2) is 15.1 Å². The summed E-state index contributed by atoms with van der Waals surface area (Å²) in [5, 5.41) is 9.10. The van der Waals surface area contributed by atoms with E-state index in [4.69, 9.17) is 5.11 Å². The molecule has 1 aromatic heterocycles. The number of imidazole rings is 1. The van der Waals surface area contributed by atoms with Gasteiger partial charge in [-0.1, -0.05) is 0 Å². The van der Waals surface area contributed by atoms with Crippen LogP contribution in [-0.2, 0) is 0 Å². The number of aliphatic hydroxyl groups is 1. The highest BCUT2D eigenvalue weighted by atomic mass is 79.9. The van der Waals surface area contributed by atoms with Crippen molar-refractivity contribution in [3.05, 3.63) is 15.0 Å². The Hall–Kier alpha value is 0.130. The van der Waals surface area contributed by atoms with Crippen LogP contribution in [0.25, 0.3) is 0 Å². The summed E-state index contributed by atoms with van der Waals surface area (Å²) in [6.45, 7) is 1.67. The van der Waals surface area contributed by atoms with E-state index in [9.17, 15) is 0 Å². The molecule has 0 fully saturated rings. The van der Waals surface area contributed by atoms with Crippen LogP contribution in [0.2, 0.25) is 0 Å². The fourth-order valence-corrected chi connectivity index (χ4v) is 1.85. The van der Waals surface area contributed by atoms with Crippen molar-refractivity contribution in [2.24, 2.45) is 0 Å². The minimum atomic E-state index is -0.520. The molecule has 0 aliphatic heterocycles. The van der Waals surface area contributed by atoms with Gasteiger partial charge in [0.05, 0.1) is 11.8 Å². The van der Waals surface area contributed by atoms with E-state index in [0.29, 0.717) is 15.0 Å². The number of nitrogens with one attached hydrogen (secondary N) is 1. The zero-order valence-electron chi connectivity index (χ0n) is 5.23. The van der Waals surface area contributed by atoms with E-state index in [1.807, 2.05) is 0 Å². The van der Waals surface area contributed by atoms with E-state index in [1.165, 1.54) is 0 Å². The predicted molar refractivity (Wildman–Crippen MR) is 44.6 cm³/mol. The zero-order valence-corrected chi connectivity index (χ0v) is 8.40. The van der Waals surface area contributed by atoms with Crippen molar-refractivity contribution in [1.29, 1.82) is 0 Å². The van der Waals surface area contributed by atoms with Crippen LogP contribution in [0, 0.1) is 0 Å². The van der Waals surface area contributed by atoms with Crippen LogP contribution < -0.4 is 0 Å². The normalized spacial score (nSPS) is 13.6. The van der Waals surface area contributed by atoms with Crippen LogP contribution >= 0.6 is 31.9 Å². The van der Waals surface area contributed by atoms with Gasteiger partial charge in [-0.3, -0.25) is 0 Å². The Morgan fingerprint density at radius 3 is 2.40 bits per heavy atom. The molecule has 1 unspecified atom stereocenters. The molecule has 5 heteroatoms. The van der Waals surface area contributed by atoms with Crippen LogP contribution in [0.15, 0.2) is 9.34 Å². The van der Waals surface area contributed by atoms with Gasteiger partial charge in [0, 0.05) is 0 Å². The van der Waals surface area contributed by atoms with Crippen molar-refractivity contribution in [1.82, 2.24) is 9.97 Å². The zero-order chi connectivity index (χ0) is 7.72. The Morgan fingerprint density at radius 1 is 1.60 bits per heavy atom. The van der Waals surface area contributed by atoms with Crippen molar-refractivity contribution >= 4 is 31.9 Å². The molecule has 0 bridgehead atoms. The Kier molecular flexibility index (Phi) is 2.49. The van der Waals surface area contributed by atoms with Gasteiger partial charge < -0.3 is 10.1 Å². The minimum absolute atomic E-state index is 0.520. The molecule has 56 valence electrons. The summed E-state index contributed by atoms with van der Waals surface area (Å²) in [7, 11) is 0. The second kappa shape index (κ2) is 3.02. The van der Waals surface area contributed by atoms with Crippen molar-refractivity contribution < 1.29 is 5.11 Å². The third-order valence-electron chi connectivity index (χ3n) is 1.07. The number of H-pyrrole nitrogens is 1. The fourth-order valence-electron chi connectivity index (χ4n) is 0.614. The summed E-state index contributed by atoms with van der Waals surface area (Å²) >= 11 is 6.33. The Labute approximate surface area is 75.1 Å². The van der Waals surface area contributed by atoms with Crippen LogP contribution in [0.1, 0.15) is 18.7 Å². The maximum atomic E-state index is 9.10. The number of aromatic amines is 1. The lowest BCUT2D eigenvalue weighted by molar-refractivity contribution is 0.194. The van der Waals surface area contributed by atoms with Crippen molar-refractivity contribution in [3.8, 4) is 0 Å². The minimum Gasteiger partial charge on any atom is -0.387 e. The molecule has 3 nitrogen and oxygen atoms in total. The molecule has 1 rings (SSSR count). The number of aliphatic hydroxyl groups excluding tert-OH is 1. The summed E-state index contributed by atoms with van der Waals surface area (Å²) in [5.74, 6) is 0. The summed E-state index contributed by atoms with van der Waals surface area (Å²) in [4.78, 5) is 6.80. The summed E-state index contributed by atoms with van der Waals surface area (Å²) in [6, 6.07) is 0. The molecule has 0 aliphatic carbocycles. The molecule has 1 aromatic rings. The number of aromatic nitrogens is 2. The van der Waals surface area contributed by atoms with Gasteiger partial charge in [-0.2, -0.15) is 0 Å². The standard InChI is InChI=1S/C5H6Br2N2O/c1-2(10)3-4(6)9-5(7)8-3/h2,10H,1H3,(H,8,9). The molecule has 0 radical (unpaired) electrons. The van der Waals surface area contributed by atoms with Gasteiger partial charge in [0.1, 0.15) is 4.60 Å². The first-order chi connectivity index (χ1) is 4.61. The van der Waals surface area contributed by atoms with Gasteiger partial charge in [-0.25, -0.2) is 4.98 Å². The van der Waals surface area contributed by atoms with Gasteiger partial charge in [-0.05, 0) is 38.8 Å². The second-order valence-corrected chi connectivity index (χ2v) is 3.41. The molecule has 0 spiro atoms. The maximum Gasteiger partial charge on any atom is 0.175 e. The van der Waals surface area contributed by atoms with E-state index in [1.54, 1.807) is 6.92 Å². The number of hydrogen-bond donors (Lipinski definition) is 2. The molecule has 0 amide bonds. The number of nitrogens with zero attached hydrogens (tertiary/aromatic N) is 1. The number of rotatable bonds is 1. The molecule has 2 N–H and O–H groups in total. The van der Waals surface area contributed by atoms with Crippen molar-refractivity contribution in [2.45, 2.75) is 13.0 Å². The highest BCUT2D eigenvalue weighted by Gasteiger charge is 2.09. The quantitative estimate of drug-likeness (QED) is 0.819. The lowest BCUT2D eigenvalue weighted by Gasteiger charge is -1.98. The lowest BCUT2D eigenvalue weighted by atomic mass is 10.3. The van der Waals surface area contributed by atoms with Gasteiger partial charge in [0.15, 0.2) is 4.73 Å². The smallest absolute Gasteiger partial charge is 0.175 e. The summed E-state index contributed by atoms with van der Waals surface area (Å²) in [6.07, 6.45) is -0.520. The maximum absolute atomic E-state index is 9.10. The van der Waals surface area contributed by atoms with Crippen molar-refractivity contribution in [2.75, 3.05) is 0 Å². The second-order valence-electron chi connectivity index (χ2n) is 1.91. The number of halogens is 2. The van der Waals surface area contributed by atoms with E-state index in [0.717, 1.165) is 0 Å². The van der Waals surface area contributed by atoms with E-state index in [2.05, 4.69) is 41.8 Å². The van der Waals surface area contributed by atoms with E-state index < -0.39 is 6.10 Å². The monoisotopic (exact) mass is 268 g/mol. The first-order valence-corrected chi connectivity index (χ1v) is 4.29. The van der Waals surface area contributed by atoms with Crippen LogP contribution in [0.4, 0.5) is 0 Å². The largest absolute Gasteiger partial charge is 0.387 e. The third-order valence-corrected chi connectivity index (χ3v) is 2.05. The molecule has 0 aliphatic rings. The average Bonchev–Trinajstić information content (AvgIpc) is 2.10. The Balaban J connectivity index is 3.03. The summed E-state index contributed by atoms with van der Waals surface area (Å²) < 4.78 is 1.27. The first kappa shape index (κ1) is 8.23. The topological polar surface area (TPSA) is 48.9 Å². The van der Waals surface area contributed by atoms with Crippen LogP contribution in [0.3, 0.4) is 0 Å². The van der Waals surface area contributed by atoms with Gasteiger partial charge in [0.2, 0.25) is 0 Å². The highest BCUT2D eigenvalue weighted by Crippen LogP contribution is 2.22. The molecule has 1 heterocycles. The average molecular weight is 270 g/mol. The van der Waals surface area contributed by atoms with Gasteiger partial charge in [-0.15, -0.1) is 0 Å². The molecule has 1 atom stereocenters. The third kappa shape index (κ3) is 1.59. The Bertz CT molecular complexity index is 234. The van der Waals surface area contributed by atoms with E-state index in [-0.39, 0.29) is 0 Å². The molecular formula is C5H6Br2N2O. The van der Waals surface area contributed by atoms with Gasteiger partial charge in [0.25, 0.3) is 0 Å². The Morgan fingerprint density at radius 2 is 2.20 bits per heavy atom. The molecule has 10 heavy (non-hydrogen) atoms. The van der Waals surface area contributed by atoms with Crippen LogP contribution in [0.5, 0.6) is 0 Å². The van der Waals surface area contributed by atoms with E-state index >= 15 is 0 Å². The highest BCUT2D eigenvalue weighted by molar-refractivity contribution is 9.11. The van der Waals surface area contributed by atoms with Crippen molar-refractivity contribution in [3.63, 3.8) is 0 Å². The number of hydrogen-bond acceptors (Lipinski definition) is 2. The first-order valence-electron chi connectivity index (χ1n) is 2.70.